The molecule has 1 aromatic carbocycles. The molecule has 130 valence electrons. The molecule has 0 spiro atoms. The lowest BCUT2D eigenvalue weighted by Gasteiger charge is -2.23. The van der Waals surface area contributed by atoms with Crippen molar-refractivity contribution in [3.8, 4) is 0 Å². The first-order valence-corrected chi connectivity index (χ1v) is 9.25. The van der Waals surface area contributed by atoms with Crippen molar-refractivity contribution in [3.63, 3.8) is 0 Å². The number of para-hydroxylation sites is 1. The molecule has 1 atom stereocenters. The summed E-state index contributed by atoms with van der Waals surface area (Å²) in [5.74, 6) is 0.147. The Morgan fingerprint density at radius 3 is 2.74 bits per heavy atom. The molecule has 0 saturated carbocycles. The van der Waals surface area contributed by atoms with Crippen LogP contribution in [0.3, 0.4) is 0 Å². The summed E-state index contributed by atoms with van der Waals surface area (Å²) in [5.41, 5.74) is 0.673. The van der Waals surface area contributed by atoms with Crippen molar-refractivity contribution in [2.75, 3.05) is 30.1 Å². The van der Waals surface area contributed by atoms with Crippen molar-refractivity contribution in [1.29, 1.82) is 0 Å². The van der Waals surface area contributed by atoms with Gasteiger partial charge in [0.1, 0.15) is 0 Å². The second-order valence-electron chi connectivity index (χ2n) is 5.47. The van der Waals surface area contributed by atoms with Crippen LogP contribution in [-0.2, 0) is 10.0 Å². The van der Waals surface area contributed by atoms with Crippen molar-refractivity contribution in [3.05, 3.63) is 29.8 Å². The van der Waals surface area contributed by atoms with Gasteiger partial charge in [-0.2, -0.15) is 0 Å². The largest absolute Gasteiger partial charge is 0.352 e. The van der Waals surface area contributed by atoms with Gasteiger partial charge in [0.25, 0.3) is 5.91 Å². The molecule has 1 saturated heterocycles. The van der Waals surface area contributed by atoms with Gasteiger partial charge in [0.2, 0.25) is 10.0 Å². The highest BCUT2D eigenvalue weighted by Gasteiger charge is 2.17. The number of rotatable bonds is 6. The first-order valence-electron chi connectivity index (χ1n) is 7.60. The summed E-state index contributed by atoms with van der Waals surface area (Å²) in [6, 6.07) is 6.66. The van der Waals surface area contributed by atoms with Gasteiger partial charge in [-0.05, 0) is 50.9 Å². The summed E-state index contributed by atoms with van der Waals surface area (Å²) in [7, 11) is -3.40. The molecule has 0 bridgehead atoms. The van der Waals surface area contributed by atoms with Gasteiger partial charge < -0.3 is 10.6 Å². The van der Waals surface area contributed by atoms with Crippen molar-refractivity contribution in [1.82, 2.24) is 10.6 Å². The fourth-order valence-corrected chi connectivity index (χ4v) is 3.10. The first-order chi connectivity index (χ1) is 10.5. The number of hydrogen-bond donors (Lipinski definition) is 3. The summed E-state index contributed by atoms with van der Waals surface area (Å²) in [4.78, 5) is 12.3. The van der Waals surface area contributed by atoms with E-state index in [1.807, 2.05) is 0 Å². The number of carbonyl (C=O) groups excluding carboxylic acids is 1. The van der Waals surface area contributed by atoms with Gasteiger partial charge in [0, 0.05) is 6.54 Å². The third-order valence-electron chi connectivity index (χ3n) is 3.77. The van der Waals surface area contributed by atoms with E-state index in [2.05, 4.69) is 15.4 Å². The van der Waals surface area contributed by atoms with Crippen LogP contribution in [0.25, 0.3) is 0 Å². The molecule has 2 rings (SSSR count). The maximum Gasteiger partial charge on any atom is 0.253 e. The van der Waals surface area contributed by atoms with Gasteiger partial charge in [-0.3, -0.25) is 9.52 Å². The molecule has 23 heavy (non-hydrogen) atoms. The highest BCUT2D eigenvalue weighted by atomic mass is 35.5. The number of halogens is 1. The third kappa shape index (κ3) is 6.01. The predicted octanol–water partition coefficient (Wildman–Crippen LogP) is 1.60. The second-order valence-corrected chi connectivity index (χ2v) is 7.48. The van der Waals surface area contributed by atoms with E-state index in [9.17, 15) is 13.2 Å². The van der Waals surface area contributed by atoms with Crippen LogP contribution in [0.15, 0.2) is 24.3 Å². The second kappa shape index (κ2) is 9.10. The standard InChI is InChI=1S/C15H23N3O3S.ClH/c1-2-22(20,21)18-14-8-4-3-7-13(14)15(19)17-11-12-6-5-9-16-10-12;/h3-4,7-8,12,16,18H,2,5-6,9-11H2,1H3,(H,17,19);1H. The Morgan fingerprint density at radius 1 is 1.35 bits per heavy atom. The molecular formula is C15H24ClN3O3S. The van der Waals surface area contributed by atoms with E-state index < -0.39 is 10.0 Å². The zero-order chi connectivity index (χ0) is 16.0. The van der Waals surface area contributed by atoms with Crippen molar-refractivity contribution in [2.45, 2.75) is 19.8 Å². The topological polar surface area (TPSA) is 87.3 Å². The Kier molecular flexibility index (Phi) is 7.81. The summed E-state index contributed by atoms with van der Waals surface area (Å²) in [5, 5.41) is 6.20. The van der Waals surface area contributed by atoms with Crippen LogP contribution in [0.5, 0.6) is 0 Å². The molecule has 1 heterocycles. The SMILES string of the molecule is CCS(=O)(=O)Nc1ccccc1C(=O)NCC1CCCNC1.Cl. The third-order valence-corrected chi connectivity index (χ3v) is 5.06. The Bertz CT molecular complexity index is 616. The van der Waals surface area contributed by atoms with Crippen LogP contribution in [-0.4, -0.2) is 39.7 Å². The van der Waals surface area contributed by atoms with E-state index >= 15 is 0 Å². The minimum Gasteiger partial charge on any atom is -0.352 e. The van der Waals surface area contributed by atoms with Crippen LogP contribution < -0.4 is 15.4 Å². The molecule has 1 aromatic rings. The zero-order valence-corrected chi connectivity index (χ0v) is 14.8. The lowest BCUT2D eigenvalue weighted by Crippen LogP contribution is -2.38. The molecule has 8 heteroatoms. The smallest absolute Gasteiger partial charge is 0.253 e. The molecule has 0 aromatic heterocycles. The fourth-order valence-electron chi connectivity index (χ4n) is 2.44. The minimum atomic E-state index is -3.40. The van der Waals surface area contributed by atoms with E-state index in [1.54, 1.807) is 31.2 Å². The van der Waals surface area contributed by atoms with Crippen LogP contribution in [0.1, 0.15) is 30.1 Å². The Balaban J connectivity index is 0.00000264. The normalized spacial score (nSPS) is 17.9. The average molecular weight is 362 g/mol. The Morgan fingerprint density at radius 2 is 2.09 bits per heavy atom. The molecule has 6 nitrogen and oxygen atoms in total. The zero-order valence-electron chi connectivity index (χ0n) is 13.2. The molecule has 0 radical (unpaired) electrons. The Labute approximate surface area is 143 Å². The predicted molar refractivity (Wildman–Crippen MR) is 94.7 cm³/mol. The average Bonchev–Trinajstić information content (AvgIpc) is 2.54. The summed E-state index contributed by atoms with van der Waals surface area (Å²) >= 11 is 0. The lowest BCUT2D eigenvalue weighted by atomic mass is 9.99. The van der Waals surface area contributed by atoms with Gasteiger partial charge in [0.15, 0.2) is 0 Å². The number of carbonyl (C=O) groups is 1. The summed E-state index contributed by atoms with van der Waals surface area (Å²) in [6.45, 7) is 4.10. The van der Waals surface area contributed by atoms with Crippen LogP contribution in [0.4, 0.5) is 5.69 Å². The van der Waals surface area contributed by atoms with Gasteiger partial charge in [0.05, 0.1) is 17.0 Å². The highest BCUT2D eigenvalue weighted by Crippen LogP contribution is 2.17. The number of piperidine rings is 1. The number of amides is 1. The van der Waals surface area contributed by atoms with E-state index in [0.29, 0.717) is 23.7 Å². The number of sulfonamides is 1. The molecule has 3 N–H and O–H groups in total. The van der Waals surface area contributed by atoms with Crippen LogP contribution >= 0.6 is 12.4 Å². The summed E-state index contributed by atoms with van der Waals surface area (Å²) in [6.07, 6.45) is 2.21. The number of anilines is 1. The van der Waals surface area contributed by atoms with E-state index in [-0.39, 0.29) is 24.1 Å². The quantitative estimate of drug-likeness (QED) is 0.718. The van der Waals surface area contributed by atoms with Gasteiger partial charge in [-0.15, -0.1) is 12.4 Å². The molecule has 1 aliphatic rings. The van der Waals surface area contributed by atoms with E-state index in [4.69, 9.17) is 0 Å². The van der Waals surface area contributed by atoms with Crippen molar-refractivity contribution < 1.29 is 13.2 Å². The molecule has 0 aliphatic carbocycles. The number of benzene rings is 1. The molecule has 1 fully saturated rings. The molecule has 1 amide bonds. The van der Waals surface area contributed by atoms with Gasteiger partial charge in [-0.1, -0.05) is 12.1 Å². The lowest BCUT2D eigenvalue weighted by molar-refractivity contribution is 0.0945. The highest BCUT2D eigenvalue weighted by molar-refractivity contribution is 7.92. The van der Waals surface area contributed by atoms with E-state index in [0.717, 1.165) is 25.9 Å². The Hall–Kier alpha value is -1.31. The maximum atomic E-state index is 12.3. The number of nitrogens with one attached hydrogen (secondary N) is 3. The molecule has 1 unspecified atom stereocenters. The van der Waals surface area contributed by atoms with Gasteiger partial charge in [-0.25, -0.2) is 8.42 Å². The number of hydrogen-bond acceptors (Lipinski definition) is 4. The first kappa shape index (κ1) is 19.7. The fraction of sp³-hybridized carbons (Fsp3) is 0.533. The van der Waals surface area contributed by atoms with E-state index in [1.165, 1.54) is 0 Å². The maximum absolute atomic E-state index is 12.3. The minimum absolute atomic E-state index is 0. The van der Waals surface area contributed by atoms with Crippen LogP contribution in [0.2, 0.25) is 0 Å². The van der Waals surface area contributed by atoms with Crippen molar-refractivity contribution in [2.24, 2.45) is 5.92 Å². The molecular weight excluding hydrogens is 338 g/mol. The van der Waals surface area contributed by atoms with Crippen LogP contribution in [0, 0.1) is 5.92 Å². The van der Waals surface area contributed by atoms with Gasteiger partial charge >= 0.3 is 0 Å². The van der Waals surface area contributed by atoms with Crippen molar-refractivity contribution >= 4 is 34.0 Å². The molecule has 1 aliphatic heterocycles. The monoisotopic (exact) mass is 361 g/mol. The summed E-state index contributed by atoms with van der Waals surface area (Å²) < 4.78 is 25.8.